The quantitative estimate of drug-likeness (QED) is 0.822. The van der Waals surface area contributed by atoms with Gasteiger partial charge in [0, 0.05) is 25.1 Å². The van der Waals surface area contributed by atoms with E-state index in [1.165, 1.54) is 23.7 Å². The number of carbonyl (C=O) groups excluding carboxylic acids is 1. The van der Waals surface area contributed by atoms with Gasteiger partial charge in [0.1, 0.15) is 17.8 Å². The largest absolute Gasteiger partial charge is 0.458 e. The van der Waals surface area contributed by atoms with E-state index in [-0.39, 0.29) is 23.4 Å². The Morgan fingerprint density at radius 2 is 2.26 bits per heavy atom. The summed E-state index contributed by atoms with van der Waals surface area (Å²) < 4.78 is 40.0. The molecule has 0 bridgehead atoms. The number of rotatable bonds is 4. The molecule has 146 valence electrons. The molecule has 4 rings (SSSR count). The molecule has 0 amide bonds. The van der Waals surface area contributed by atoms with Crippen molar-refractivity contribution in [3.8, 4) is 0 Å². The van der Waals surface area contributed by atoms with Crippen molar-refractivity contribution in [1.29, 1.82) is 0 Å². The molecule has 9 heteroatoms. The van der Waals surface area contributed by atoms with Gasteiger partial charge in [0.2, 0.25) is 5.95 Å². The number of carbonyl (C=O) groups is 1. The van der Waals surface area contributed by atoms with Gasteiger partial charge in [-0.2, -0.15) is 0 Å². The minimum Gasteiger partial charge on any atom is -0.458 e. The molecule has 0 radical (unpaired) electrons. The Morgan fingerprint density at radius 1 is 1.41 bits per heavy atom. The summed E-state index contributed by atoms with van der Waals surface area (Å²) in [6.45, 7) is 2.17. The molecule has 4 atom stereocenters. The molecule has 1 N–H and O–H groups in total. The van der Waals surface area contributed by atoms with Crippen molar-refractivity contribution >= 4 is 17.4 Å². The lowest BCUT2D eigenvalue weighted by atomic mass is 10.0. The second-order valence-corrected chi connectivity index (χ2v) is 7.17. The first-order chi connectivity index (χ1) is 13.0. The first-order valence-electron chi connectivity index (χ1n) is 9.21. The van der Waals surface area contributed by atoms with Crippen LogP contribution in [0.2, 0.25) is 0 Å². The van der Waals surface area contributed by atoms with Gasteiger partial charge in [-0.05, 0) is 31.7 Å². The van der Waals surface area contributed by atoms with E-state index in [0.29, 0.717) is 50.5 Å². The summed E-state index contributed by atoms with van der Waals surface area (Å²) in [4.78, 5) is 15.5. The molecule has 4 unspecified atom stereocenters. The van der Waals surface area contributed by atoms with Crippen molar-refractivity contribution in [3.05, 3.63) is 23.8 Å². The molecule has 1 saturated heterocycles. The molecular weight excluding hydrogens is 358 g/mol. The summed E-state index contributed by atoms with van der Waals surface area (Å²) in [5.74, 6) is -0.553. The van der Waals surface area contributed by atoms with Crippen molar-refractivity contribution < 1.29 is 23.0 Å². The Balaban J connectivity index is 1.59. The SMILES string of the molecule is CC(=O)OC1COCCC1Nc1ncc2c(F)cc(C3CCC(F)C3)n2n1. The highest BCUT2D eigenvalue weighted by Gasteiger charge is 2.31. The predicted octanol–water partition coefficient (Wildman–Crippen LogP) is 2.61. The molecule has 0 aromatic carbocycles. The third kappa shape index (κ3) is 3.73. The van der Waals surface area contributed by atoms with E-state index in [2.05, 4.69) is 15.4 Å². The van der Waals surface area contributed by atoms with Crippen LogP contribution in [0, 0.1) is 5.82 Å². The fraction of sp³-hybridized carbons (Fsp3) is 0.611. The average molecular weight is 380 g/mol. The lowest BCUT2D eigenvalue weighted by Gasteiger charge is -2.31. The number of ether oxygens (including phenoxy) is 2. The van der Waals surface area contributed by atoms with Crippen LogP contribution in [0.25, 0.3) is 5.52 Å². The molecule has 2 aliphatic rings. The van der Waals surface area contributed by atoms with E-state index in [0.717, 1.165) is 0 Å². The molecule has 1 saturated carbocycles. The first-order valence-corrected chi connectivity index (χ1v) is 9.21. The van der Waals surface area contributed by atoms with E-state index in [1.807, 2.05) is 0 Å². The van der Waals surface area contributed by atoms with Gasteiger partial charge in [0.05, 0.1) is 18.8 Å². The maximum Gasteiger partial charge on any atom is 0.303 e. The van der Waals surface area contributed by atoms with Crippen LogP contribution >= 0.6 is 0 Å². The van der Waals surface area contributed by atoms with Gasteiger partial charge in [-0.25, -0.2) is 18.3 Å². The molecule has 2 aromatic heterocycles. The zero-order chi connectivity index (χ0) is 19.0. The number of halogens is 2. The molecule has 3 heterocycles. The molecular formula is C18H22F2N4O3. The summed E-state index contributed by atoms with van der Waals surface area (Å²) >= 11 is 0. The van der Waals surface area contributed by atoms with Crippen molar-refractivity contribution in [2.45, 2.75) is 56.8 Å². The Hall–Kier alpha value is -2.29. The maximum atomic E-state index is 14.3. The highest BCUT2D eigenvalue weighted by molar-refractivity contribution is 5.66. The van der Waals surface area contributed by atoms with E-state index >= 15 is 0 Å². The van der Waals surface area contributed by atoms with Gasteiger partial charge < -0.3 is 14.8 Å². The van der Waals surface area contributed by atoms with Crippen LogP contribution in [0.3, 0.4) is 0 Å². The number of esters is 1. The van der Waals surface area contributed by atoms with E-state index < -0.39 is 18.1 Å². The first kappa shape index (κ1) is 18.1. The Bertz CT molecular complexity index is 843. The molecule has 0 spiro atoms. The second-order valence-electron chi connectivity index (χ2n) is 7.17. The number of alkyl halides is 1. The minimum absolute atomic E-state index is 0.0587. The molecule has 7 nitrogen and oxygen atoms in total. The minimum atomic E-state index is -0.852. The van der Waals surface area contributed by atoms with Crippen molar-refractivity contribution in [2.24, 2.45) is 0 Å². The van der Waals surface area contributed by atoms with Gasteiger partial charge in [-0.1, -0.05) is 0 Å². The molecule has 27 heavy (non-hydrogen) atoms. The third-order valence-electron chi connectivity index (χ3n) is 5.22. The van der Waals surface area contributed by atoms with Crippen LogP contribution in [-0.2, 0) is 14.3 Å². The highest BCUT2D eigenvalue weighted by Crippen LogP contribution is 2.37. The monoisotopic (exact) mass is 380 g/mol. The van der Waals surface area contributed by atoms with Crippen LogP contribution in [0.15, 0.2) is 12.3 Å². The number of nitrogens with one attached hydrogen (secondary N) is 1. The zero-order valence-electron chi connectivity index (χ0n) is 15.0. The van der Waals surface area contributed by atoms with Crippen LogP contribution in [0.4, 0.5) is 14.7 Å². The average Bonchev–Trinajstić information content (AvgIpc) is 3.20. The standard InChI is InChI=1S/C18H22F2N4O3/c1-10(25)27-17-9-26-5-4-14(17)22-18-21-8-16-13(20)7-15(24(16)23-18)11-2-3-12(19)6-11/h7-8,11-12,14,17H,2-6,9H2,1H3,(H,22,23). The van der Waals surface area contributed by atoms with E-state index in [1.54, 1.807) is 0 Å². The molecule has 2 aromatic rings. The van der Waals surface area contributed by atoms with Gasteiger partial charge >= 0.3 is 5.97 Å². The summed E-state index contributed by atoms with van der Waals surface area (Å²) in [5.41, 5.74) is 0.929. The second kappa shape index (κ2) is 7.38. The summed E-state index contributed by atoms with van der Waals surface area (Å²) in [6.07, 6.45) is 2.28. The number of anilines is 1. The summed E-state index contributed by atoms with van der Waals surface area (Å²) in [5, 5.41) is 7.59. The summed E-state index contributed by atoms with van der Waals surface area (Å²) in [7, 11) is 0. The van der Waals surface area contributed by atoms with Crippen LogP contribution in [0.5, 0.6) is 0 Å². The van der Waals surface area contributed by atoms with Gasteiger partial charge in [0.15, 0.2) is 5.82 Å². The Labute approximate surface area is 155 Å². The molecule has 1 aliphatic heterocycles. The summed E-state index contributed by atoms with van der Waals surface area (Å²) in [6, 6.07) is 1.22. The molecule has 2 fully saturated rings. The lowest BCUT2D eigenvalue weighted by molar-refractivity contribution is -0.153. The van der Waals surface area contributed by atoms with Crippen molar-refractivity contribution in [3.63, 3.8) is 0 Å². The fourth-order valence-electron chi connectivity index (χ4n) is 3.90. The highest BCUT2D eigenvalue weighted by atomic mass is 19.1. The van der Waals surface area contributed by atoms with Crippen LogP contribution in [0.1, 0.15) is 44.2 Å². The van der Waals surface area contributed by atoms with Crippen LogP contribution < -0.4 is 5.32 Å². The van der Waals surface area contributed by atoms with Crippen molar-refractivity contribution in [1.82, 2.24) is 14.6 Å². The number of aromatic nitrogens is 3. The smallest absolute Gasteiger partial charge is 0.303 e. The molecule has 1 aliphatic carbocycles. The third-order valence-corrected chi connectivity index (χ3v) is 5.22. The zero-order valence-corrected chi connectivity index (χ0v) is 15.0. The topological polar surface area (TPSA) is 77.8 Å². The fourth-order valence-corrected chi connectivity index (χ4v) is 3.90. The normalized spacial score (nSPS) is 28.4. The van der Waals surface area contributed by atoms with Gasteiger partial charge in [0.25, 0.3) is 0 Å². The number of hydrogen-bond donors (Lipinski definition) is 1. The van der Waals surface area contributed by atoms with E-state index in [4.69, 9.17) is 9.47 Å². The van der Waals surface area contributed by atoms with E-state index in [9.17, 15) is 13.6 Å². The maximum absolute atomic E-state index is 14.3. The number of nitrogens with zero attached hydrogens (tertiary/aromatic N) is 3. The van der Waals surface area contributed by atoms with Gasteiger partial charge in [-0.3, -0.25) is 4.79 Å². The lowest BCUT2D eigenvalue weighted by Crippen LogP contribution is -2.44. The van der Waals surface area contributed by atoms with Gasteiger partial charge in [-0.15, -0.1) is 5.10 Å². The Morgan fingerprint density at radius 3 is 3.00 bits per heavy atom. The predicted molar refractivity (Wildman–Crippen MR) is 92.8 cm³/mol. The van der Waals surface area contributed by atoms with Crippen molar-refractivity contribution in [2.75, 3.05) is 18.5 Å². The Kier molecular flexibility index (Phi) is 4.94. The number of fused-ring (bicyclic) bond motifs is 1. The van der Waals surface area contributed by atoms with Crippen LogP contribution in [-0.4, -0.2) is 52.1 Å². The number of hydrogen-bond acceptors (Lipinski definition) is 6.